The first-order chi connectivity index (χ1) is 9.02. The van der Waals surface area contributed by atoms with Gasteiger partial charge in [-0.05, 0) is 35.9 Å². The van der Waals surface area contributed by atoms with E-state index in [1.54, 1.807) is 30.3 Å². The molecule has 0 aromatic heterocycles. The van der Waals surface area contributed by atoms with Gasteiger partial charge in [0.1, 0.15) is 11.9 Å². The Balaban J connectivity index is 2.43. The molecule has 2 aromatic rings. The van der Waals surface area contributed by atoms with E-state index in [9.17, 15) is 5.11 Å². The topological polar surface area (TPSA) is 55.5 Å². The van der Waals surface area contributed by atoms with Crippen molar-refractivity contribution >= 4 is 33.2 Å². The van der Waals surface area contributed by atoms with E-state index >= 15 is 0 Å². The number of benzene rings is 2. The summed E-state index contributed by atoms with van der Waals surface area (Å²) in [6.07, 6.45) is -0.830. The van der Waals surface area contributed by atoms with E-state index in [2.05, 4.69) is 15.9 Å². The van der Waals surface area contributed by atoms with Crippen molar-refractivity contribution < 1.29 is 9.84 Å². The minimum absolute atomic E-state index is 0.501. The summed E-state index contributed by atoms with van der Waals surface area (Å²) in [5, 5.41) is 10.9. The largest absolute Gasteiger partial charge is 0.495 e. The quantitative estimate of drug-likeness (QED) is 0.835. The number of hydrogen-bond acceptors (Lipinski definition) is 3. The monoisotopic (exact) mass is 341 g/mol. The van der Waals surface area contributed by atoms with Gasteiger partial charge in [-0.25, -0.2) is 0 Å². The second-order valence-electron chi connectivity index (χ2n) is 4.07. The molecule has 19 heavy (non-hydrogen) atoms. The third kappa shape index (κ3) is 3.03. The molecule has 0 aliphatic heterocycles. The number of aliphatic hydroxyl groups excluding tert-OH is 1. The highest BCUT2D eigenvalue weighted by Crippen LogP contribution is 2.33. The zero-order valence-corrected chi connectivity index (χ0v) is 12.6. The Bertz CT molecular complexity index is 604. The molecule has 3 nitrogen and oxygen atoms in total. The van der Waals surface area contributed by atoms with Crippen LogP contribution in [-0.4, -0.2) is 12.2 Å². The first-order valence-electron chi connectivity index (χ1n) is 5.59. The molecule has 0 amide bonds. The van der Waals surface area contributed by atoms with Crippen molar-refractivity contribution in [3.63, 3.8) is 0 Å². The maximum Gasteiger partial charge on any atom is 0.137 e. The average molecular weight is 343 g/mol. The summed E-state index contributed by atoms with van der Waals surface area (Å²) in [5.74, 6) is 0.520. The van der Waals surface area contributed by atoms with Crippen molar-refractivity contribution in [2.75, 3.05) is 12.8 Å². The first kappa shape index (κ1) is 14.2. The van der Waals surface area contributed by atoms with E-state index in [1.165, 1.54) is 7.11 Å². The lowest BCUT2D eigenvalue weighted by atomic mass is 10.00. The predicted molar refractivity (Wildman–Crippen MR) is 80.6 cm³/mol. The molecule has 0 saturated heterocycles. The van der Waals surface area contributed by atoms with Crippen LogP contribution in [0.4, 0.5) is 5.69 Å². The lowest BCUT2D eigenvalue weighted by Gasteiger charge is -2.15. The molecule has 0 heterocycles. The molecular formula is C14H13BrClNO2. The second-order valence-corrected chi connectivity index (χ2v) is 5.39. The standard InChI is InChI=1S/C14H13BrClNO2/c1-19-13-6-8(2-4-11(13)16)14(18)10-7-9(15)3-5-12(10)17/h2-7,14,18H,17H2,1H3. The molecule has 2 aromatic carbocycles. The molecule has 0 spiro atoms. The molecule has 0 saturated carbocycles. The molecule has 1 atom stereocenters. The number of anilines is 1. The number of halogens is 2. The van der Waals surface area contributed by atoms with Crippen molar-refractivity contribution in [3.8, 4) is 5.75 Å². The van der Waals surface area contributed by atoms with E-state index in [1.807, 2.05) is 6.07 Å². The molecule has 1 unspecified atom stereocenters. The van der Waals surface area contributed by atoms with E-state index in [0.29, 0.717) is 27.6 Å². The number of nitrogen functional groups attached to an aromatic ring is 1. The predicted octanol–water partition coefficient (Wildman–Crippen LogP) is 3.78. The van der Waals surface area contributed by atoms with Crippen LogP contribution in [-0.2, 0) is 0 Å². The summed E-state index contributed by atoms with van der Waals surface area (Å²) in [6, 6.07) is 10.5. The van der Waals surface area contributed by atoms with Crippen LogP contribution >= 0.6 is 27.5 Å². The Hall–Kier alpha value is -1.23. The third-order valence-corrected chi connectivity index (χ3v) is 3.64. The summed E-state index contributed by atoms with van der Waals surface area (Å²) >= 11 is 9.33. The van der Waals surface area contributed by atoms with Crippen molar-refractivity contribution in [2.24, 2.45) is 0 Å². The molecular weight excluding hydrogens is 330 g/mol. The van der Waals surface area contributed by atoms with Gasteiger partial charge in [0.15, 0.2) is 0 Å². The van der Waals surface area contributed by atoms with E-state index in [4.69, 9.17) is 22.1 Å². The van der Waals surface area contributed by atoms with Gasteiger partial charge in [-0.2, -0.15) is 0 Å². The summed E-state index contributed by atoms with van der Waals surface area (Å²) in [4.78, 5) is 0. The Kier molecular flexibility index (Phi) is 4.34. The van der Waals surface area contributed by atoms with Gasteiger partial charge >= 0.3 is 0 Å². The van der Waals surface area contributed by atoms with Crippen molar-refractivity contribution in [3.05, 3.63) is 57.0 Å². The summed E-state index contributed by atoms with van der Waals surface area (Å²) < 4.78 is 6.00. The zero-order chi connectivity index (χ0) is 14.0. The van der Waals surface area contributed by atoms with Crippen LogP contribution in [0.5, 0.6) is 5.75 Å². The Morgan fingerprint density at radius 1 is 1.26 bits per heavy atom. The normalized spacial score (nSPS) is 12.2. The van der Waals surface area contributed by atoms with Crippen LogP contribution in [0.25, 0.3) is 0 Å². The molecule has 100 valence electrons. The highest BCUT2D eigenvalue weighted by molar-refractivity contribution is 9.10. The SMILES string of the molecule is COc1cc(C(O)c2cc(Br)ccc2N)ccc1Cl. The Morgan fingerprint density at radius 3 is 2.68 bits per heavy atom. The Labute approximate surface area is 125 Å². The first-order valence-corrected chi connectivity index (χ1v) is 6.76. The molecule has 0 bridgehead atoms. The molecule has 2 rings (SSSR count). The maximum atomic E-state index is 10.4. The van der Waals surface area contributed by atoms with Crippen LogP contribution in [0.15, 0.2) is 40.9 Å². The fourth-order valence-corrected chi connectivity index (χ4v) is 2.38. The average Bonchev–Trinajstić information content (AvgIpc) is 2.41. The molecule has 0 aliphatic rings. The van der Waals surface area contributed by atoms with Crippen LogP contribution in [0.3, 0.4) is 0 Å². The van der Waals surface area contributed by atoms with Crippen molar-refractivity contribution in [1.82, 2.24) is 0 Å². The number of methoxy groups -OCH3 is 1. The minimum Gasteiger partial charge on any atom is -0.495 e. The lowest BCUT2D eigenvalue weighted by molar-refractivity contribution is 0.220. The second kappa shape index (κ2) is 5.82. The number of hydrogen-bond donors (Lipinski definition) is 2. The summed E-state index contributed by atoms with van der Waals surface area (Å²) in [6.45, 7) is 0. The smallest absolute Gasteiger partial charge is 0.137 e. The molecule has 0 aliphatic carbocycles. The van der Waals surface area contributed by atoms with Gasteiger partial charge in [0, 0.05) is 15.7 Å². The summed E-state index contributed by atoms with van der Waals surface area (Å²) in [7, 11) is 1.53. The third-order valence-electron chi connectivity index (χ3n) is 2.83. The van der Waals surface area contributed by atoms with Gasteiger partial charge in [-0.3, -0.25) is 0 Å². The zero-order valence-electron chi connectivity index (χ0n) is 10.2. The van der Waals surface area contributed by atoms with Crippen LogP contribution in [0, 0.1) is 0 Å². The van der Waals surface area contributed by atoms with Gasteiger partial charge < -0.3 is 15.6 Å². The molecule has 3 N–H and O–H groups in total. The fourth-order valence-electron chi connectivity index (χ4n) is 1.81. The number of aliphatic hydroxyl groups is 1. The highest BCUT2D eigenvalue weighted by atomic mass is 79.9. The van der Waals surface area contributed by atoms with E-state index < -0.39 is 6.10 Å². The van der Waals surface area contributed by atoms with Crippen molar-refractivity contribution in [2.45, 2.75) is 6.10 Å². The van der Waals surface area contributed by atoms with Crippen LogP contribution in [0.1, 0.15) is 17.2 Å². The number of ether oxygens (including phenoxy) is 1. The van der Waals surface area contributed by atoms with Gasteiger partial charge in [0.2, 0.25) is 0 Å². The van der Waals surface area contributed by atoms with Crippen LogP contribution in [0.2, 0.25) is 5.02 Å². The molecule has 0 radical (unpaired) electrons. The van der Waals surface area contributed by atoms with Crippen molar-refractivity contribution in [1.29, 1.82) is 0 Å². The van der Waals surface area contributed by atoms with Gasteiger partial charge in [-0.15, -0.1) is 0 Å². The summed E-state index contributed by atoms with van der Waals surface area (Å²) in [5.41, 5.74) is 7.73. The number of nitrogens with two attached hydrogens (primary N) is 1. The van der Waals surface area contributed by atoms with Gasteiger partial charge in [0.25, 0.3) is 0 Å². The van der Waals surface area contributed by atoms with E-state index in [0.717, 1.165) is 4.47 Å². The van der Waals surface area contributed by atoms with E-state index in [-0.39, 0.29) is 0 Å². The van der Waals surface area contributed by atoms with Crippen LogP contribution < -0.4 is 10.5 Å². The maximum absolute atomic E-state index is 10.4. The molecule has 5 heteroatoms. The number of rotatable bonds is 3. The molecule has 0 fully saturated rings. The Morgan fingerprint density at radius 2 is 2.00 bits per heavy atom. The van der Waals surface area contributed by atoms with Gasteiger partial charge in [0.05, 0.1) is 12.1 Å². The van der Waals surface area contributed by atoms with Gasteiger partial charge in [-0.1, -0.05) is 33.6 Å². The highest BCUT2D eigenvalue weighted by Gasteiger charge is 2.15. The minimum atomic E-state index is -0.830. The lowest BCUT2D eigenvalue weighted by Crippen LogP contribution is -2.04. The fraction of sp³-hybridized carbons (Fsp3) is 0.143.